The van der Waals surface area contributed by atoms with Crippen molar-refractivity contribution in [2.75, 3.05) is 0 Å². The lowest BCUT2D eigenvalue weighted by atomic mass is 10.2. The van der Waals surface area contributed by atoms with Gasteiger partial charge < -0.3 is 5.11 Å². The molecule has 1 aromatic heterocycles. The molecule has 8 heteroatoms. The van der Waals surface area contributed by atoms with Crippen molar-refractivity contribution in [3.8, 4) is 11.6 Å². The number of aromatic hydroxyl groups is 1. The zero-order valence-electron chi connectivity index (χ0n) is 9.23. The normalized spacial score (nSPS) is 11.5. The zero-order valence-corrected chi connectivity index (χ0v) is 9.23. The zero-order chi connectivity index (χ0) is 14.2. The molecular weight excluding hydrogens is 265 g/mol. The molecule has 5 nitrogen and oxygen atoms in total. The lowest BCUT2D eigenvalue weighted by Gasteiger charge is -2.09. The molecule has 2 N–H and O–H groups in total. The summed E-state index contributed by atoms with van der Waals surface area (Å²) in [5, 5.41) is 11.6. The van der Waals surface area contributed by atoms with Crippen LogP contribution in [0.5, 0.6) is 5.88 Å². The molecule has 0 unspecified atom stereocenters. The second kappa shape index (κ2) is 4.30. The smallest absolute Gasteiger partial charge is 0.416 e. The number of aromatic nitrogens is 2. The third-order valence-electron chi connectivity index (χ3n) is 2.46. The van der Waals surface area contributed by atoms with E-state index in [1.807, 2.05) is 0 Å². The number of halogens is 3. The number of nitrogens with zero attached hydrogens (tertiary/aromatic N) is 1. The highest BCUT2D eigenvalue weighted by atomic mass is 19.4. The van der Waals surface area contributed by atoms with Crippen molar-refractivity contribution in [3.05, 3.63) is 45.7 Å². The lowest BCUT2D eigenvalue weighted by Crippen LogP contribution is -2.08. The molecule has 100 valence electrons. The molecule has 0 amide bonds. The third kappa shape index (κ3) is 2.24. The van der Waals surface area contributed by atoms with Gasteiger partial charge in [0.15, 0.2) is 6.29 Å². The summed E-state index contributed by atoms with van der Waals surface area (Å²) in [6.07, 6.45) is -4.43. The molecule has 19 heavy (non-hydrogen) atoms. The fraction of sp³-hybridized carbons (Fsp3) is 0.0909. The summed E-state index contributed by atoms with van der Waals surface area (Å²) in [6, 6.07) is 3.96. The van der Waals surface area contributed by atoms with Crippen LogP contribution in [-0.4, -0.2) is 21.2 Å². The van der Waals surface area contributed by atoms with Crippen molar-refractivity contribution in [3.63, 3.8) is 0 Å². The molecule has 0 spiro atoms. The van der Waals surface area contributed by atoms with E-state index in [1.165, 1.54) is 6.07 Å². The van der Waals surface area contributed by atoms with Crippen LogP contribution in [0, 0.1) is 0 Å². The van der Waals surface area contributed by atoms with Crippen molar-refractivity contribution in [1.82, 2.24) is 9.78 Å². The van der Waals surface area contributed by atoms with Crippen LogP contribution in [0.15, 0.2) is 29.1 Å². The fourth-order valence-corrected chi connectivity index (χ4v) is 1.55. The van der Waals surface area contributed by atoms with Crippen molar-refractivity contribution in [1.29, 1.82) is 0 Å². The van der Waals surface area contributed by atoms with Crippen LogP contribution >= 0.6 is 0 Å². The predicted octanol–water partition coefficient (Wildman–Crippen LogP) is 1.70. The van der Waals surface area contributed by atoms with Crippen LogP contribution in [0.3, 0.4) is 0 Å². The maximum atomic E-state index is 12.5. The Labute approximate surface area is 103 Å². The summed E-state index contributed by atoms with van der Waals surface area (Å²) in [5.74, 6) is -0.737. The van der Waals surface area contributed by atoms with Gasteiger partial charge in [-0.2, -0.15) is 13.2 Å². The second-order valence-corrected chi connectivity index (χ2v) is 3.68. The minimum atomic E-state index is -4.55. The minimum Gasteiger partial charge on any atom is -0.493 e. The molecule has 0 aliphatic heterocycles. The van der Waals surface area contributed by atoms with Crippen LogP contribution in [0.4, 0.5) is 13.2 Å². The molecule has 0 atom stereocenters. The highest BCUT2D eigenvalue weighted by Crippen LogP contribution is 2.30. The van der Waals surface area contributed by atoms with Crippen molar-refractivity contribution < 1.29 is 23.1 Å². The molecule has 0 radical (unpaired) electrons. The van der Waals surface area contributed by atoms with Crippen LogP contribution in [0.2, 0.25) is 0 Å². The first-order chi connectivity index (χ1) is 8.84. The monoisotopic (exact) mass is 272 g/mol. The fourth-order valence-electron chi connectivity index (χ4n) is 1.55. The van der Waals surface area contributed by atoms with E-state index in [0.717, 1.165) is 18.2 Å². The molecule has 2 aromatic rings. The average Bonchev–Trinajstić information content (AvgIpc) is 2.63. The van der Waals surface area contributed by atoms with Gasteiger partial charge in [-0.05, 0) is 18.2 Å². The van der Waals surface area contributed by atoms with Gasteiger partial charge >= 0.3 is 6.18 Å². The van der Waals surface area contributed by atoms with Crippen LogP contribution < -0.4 is 5.56 Å². The van der Waals surface area contributed by atoms with Gasteiger partial charge in [-0.1, -0.05) is 6.07 Å². The predicted molar refractivity (Wildman–Crippen MR) is 58.4 cm³/mol. The molecule has 0 aliphatic rings. The Morgan fingerprint density at radius 1 is 1.32 bits per heavy atom. The number of rotatable bonds is 2. The number of aldehydes is 1. The molecular formula is C11H7F3N2O3. The Kier molecular flexibility index (Phi) is 2.93. The van der Waals surface area contributed by atoms with E-state index < -0.39 is 28.7 Å². The standard InChI is InChI=1S/C11H7F3N2O3/c12-11(13,14)6-2-1-3-7(4-6)16-10(19)8(5-17)9(18)15-16/h1-5,19H,(H,15,18). The minimum absolute atomic E-state index is 0.113. The van der Waals surface area contributed by atoms with E-state index >= 15 is 0 Å². The van der Waals surface area contributed by atoms with Gasteiger partial charge in [0.1, 0.15) is 5.56 Å². The first kappa shape index (κ1) is 12.9. The van der Waals surface area contributed by atoms with Crippen molar-refractivity contribution in [2.45, 2.75) is 6.18 Å². The van der Waals surface area contributed by atoms with E-state index in [4.69, 9.17) is 0 Å². The van der Waals surface area contributed by atoms with Crippen LogP contribution in [0.1, 0.15) is 15.9 Å². The number of aromatic amines is 1. The quantitative estimate of drug-likeness (QED) is 0.817. The number of H-pyrrole nitrogens is 1. The molecule has 0 bridgehead atoms. The maximum Gasteiger partial charge on any atom is 0.416 e. The number of carbonyl (C=O) groups is 1. The molecule has 0 saturated carbocycles. The summed E-state index contributed by atoms with van der Waals surface area (Å²) in [5.41, 5.74) is -2.48. The van der Waals surface area contributed by atoms with Gasteiger partial charge in [-0.15, -0.1) is 0 Å². The third-order valence-corrected chi connectivity index (χ3v) is 2.46. The first-order valence-corrected chi connectivity index (χ1v) is 5.01. The van der Waals surface area contributed by atoms with Gasteiger partial charge in [-0.3, -0.25) is 14.7 Å². The van der Waals surface area contributed by atoms with Gasteiger partial charge in [-0.25, -0.2) is 4.68 Å². The van der Waals surface area contributed by atoms with Gasteiger partial charge in [0.05, 0.1) is 11.3 Å². The van der Waals surface area contributed by atoms with E-state index in [-0.39, 0.29) is 12.0 Å². The Balaban J connectivity index is 2.60. The average molecular weight is 272 g/mol. The van der Waals surface area contributed by atoms with Crippen molar-refractivity contribution in [2.24, 2.45) is 0 Å². The molecule has 1 heterocycles. The van der Waals surface area contributed by atoms with Gasteiger partial charge in [0, 0.05) is 0 Å². The second-order valence-electron chi connectivity index (χ2n) is 3.68. The molecule has 1 aromatic carbocycles. The number of hydrogen-bond acceptors (Lipinski definition) is 3. The Hall–Kier alpha value is -2.51. The van der Waals surface area contributed by atoms with Crippen LogP contribution in [0.25, 0.3) is 5.69 Å². The molecule has 0 aliphatic carbocycles. The number of benzene rings is 1. The summed E-state index contributed by atoms with van der Waals surface area (Å²) in [7, 11) is 0. The van der Waals surface area contributed by atoms with E-state index in [9.17, 15) is 27.9 Å². The highest BCUT2D eigenvalue weighted by molar-refractivity contribution is 5.77. The number of hydrogen-bond donors (Lipinski definition) is 2. The summed E-state index contributed by atoms with van der Waals surface area (Å²) >= 11 is 0. The maximum absolute atomic E-state index is 12.5. The van der Waals surface area contributed by atoms with E-state index in [1.54, 1.807) is 0 Å². The summed E-state index contributed by atoms with van der Waals surface area (Å²) < 4.78 is 38.3. The van der Waals surface area contributed by atoms with Gasteiger partial charge in [0.25, 0.3) is 5.56 Å². The van der Waals surface area contributed by atoms with E-state index in [0.29, 0.717) is 4.68 Å². The summed E-state index contributed by atoms with van der Waals surface area (Å²) in [4.78, 5) is 21.8. The SMILES string of the molecule is O=Cc1c(O)n(-c2cccc(C(F)(F)F)c2)[nH]c1=O. The Morgan fingerprint density at radius 2 is 2.00 bits per heavy atom. The highest BCUT2D eigenvalue weighted by Gasteiger charge is 2.30. The number of carbonyl (C=O) groups excluding carboxylic acids is 1. The number of alkyl halides is 3. The van der Waals surface area contributed by atoms with E-state index in [2.05, 4.69) is 5.10 Å². The molecule has 0 fully saturated rings. The van der Waals surface area contributed by atoms with Crippen LogP contribution in [-0.2, 0) is 6.18 Å². The Morgan fingerprint density at radius 3 is 2.53 bits per heavy atom. The first-order valence-electron chi connectivity index (χ1n) is 5.01. The number of nitrogens with one attached hydrogen (secondary N) is 1. The lowest BCUT2D eigenvalue weighted by molar-refractivity contribution is -0.137. The summed E-state index contributed by atoms with van der Waals surface area (Å²) in [6.45, 7) is 0. The molecule has 2 rings (SSSR count). The van der Waals surface area contributed by atoms with Crippen molar-refractivity contribution >= 4 is 6.29 Å². The molecule has 0 saturated heterocycles. The topological polar surface area (TPSA) is 75.1 Å². The largest absolute Gasteiger partial charge is 0.493 e. The van der Waals surface area contributed by atoms with Gasteiger partial charge in [0.2, 0.25) is 5.88 Å². The Bertz CT molecular complexity index is 685.